The molecule has 88 valence electrons. The number of hydrogen-bond acceptors (Lipinski definition) is 4. The number of hydrogen-bond donors (Lipinski definition) is 0. The molecule has 0 amide bonds. The van der Waals surface area contributed by atoms with Crippen LogP contribution in [0, 0.1) is 0 Å². The molecule has 0 saturated heterocycles. The average molecular weight is 250 g/mol. The molecule has 0 unspecified atom stereocenters. The van der Waals surface area contributed by atoms with Gasteiger partial charge in [0.25, 0.3) is 0 Å². The Kier molecular flexibility index (Phi) is 2.81. The van der Waals surface area contributed by atoms with Gasteiger partial charge in [0.1, 0.15) is 5.69 Å². The lowest BCUT2D eigenvalue weighted by Gasteiger charge is -2.05. The second-order valence-corrected chi connectivity index (χ2v) is 5.45. The fraction of sp³-hybridized carbons (Fsp3) is 0.0909. The summed E-state index contributed by atoms with van der Waals surface area (Å²) < 4.78 is 24.5. The van der Waals surface area contributed by atoms with Gasteiger partial charge in [0.15, 0.2) is 6.29 Å². The number of aromatic nitrogens is 2. The van der Waals surface area contributed by atoms with Gasteiger partial charge in [0.05, 0.1) is 0 Å². The number of benzene rings is 1. The maximum absolute atomic E-state index is 11.6. The fourth-order valence-electron chi connectivity index (χ4n) is 1.47. The molecular weight excluding hydrogens is 240 g/mol. The predicted molar refractivity (Wildman–Crippen MR) is 62.1 cm³/mol. The van der Waals surface area contributed by atoms with Crippen LogP contribution in [0.3, 0.4) is 0 Å². The molecule has 0 spiro atoms. The first-order valence-corrected chi connectivity index (χ1v) is 6.71. The molecule has 0 atom stereocenters. The van der Waals surface area contributed by atoms with Gasteiger partial charge in [-0.25, -0.2) is 13.4 Å². The van der Waals surface area contributed by atoms with Crippen LogP contribution in [0.2, 0.25) is 0 Å². The highest BCUT2D eigenvalue weighted by Gasteiger charge is 2.18. The van der Waals surface area contributed by atoms with Gasteiger partial charge in [-0.15, -0.1) is 0 Å². The monoisotopic (exact) mass is 250 g/mol. The van der Waals surface area contributed by atoms with E-state index in [2.05, 4.69) is 4.98 Å². The highest BCUT2D eigenvalue weighted by Crippen LogP contribution is 2.15. The zero-order valence-corrected chi connectivity index (χ0v) is 9.89. The van der Waals surface area contributed by atoms with Gasteiger partial charge >= 0.3 is 0 Å². The van der Waals surface area contributed by atoms with Gasteiger partial charge in [0.2, 0.25) is 15.0 Å². The first kappa shape index (κ1) is 11.5. The highest BCUT2D eigenvalue weighted by molar-refractivity contribution is 7.90. The van der Waals surface area contributed by atoms with E-state index >= 15 is 0 Å². The molecule has 2 aromatic rings. The van der Waals surface area contributed by atoms with Crippen LogP contribution < -0.4 is 0 Å². The maximum Gasteiger partial charge on any atom is 0.232 e. The minimum Gasteiger partial charge on any atom is -0.296 e. The van der Waals surface area contributed by atoms with Crippen molar-refractivity contribution in [2.75, 3.05) is 6.26 Å². The summed E-state index contributed by atoms with van der Waals surface area (Å²) in [4.78, 5) is 14.4. The Morgan fingerprint density at radius 1 is 1.24 bits per heavy atom. The SMILES string of the molecule is CS(=O)(=O)c1nc(C=O)cn1-c1ccccc1. The Morgan fingerprint density at radius 2 is 1.88 bits per heavy atom. The Morgan fingerprint density at radius 3 is 2.41 bits per heavy atom. The van der Waals surface area contributed by atoms with E-state index in [0.717, 1.165) is 6.26 Å². The number of rotatable bonds is 3. The van der Waals surface area contributed by atoms with E-state index < -0.39 is 9.84 Å². The third-order valence-electron chi connectivity index (χ3n) is 2.18. The number of para-hydroxylation sites is 1. The quantitative estimate of drug-likeness (QED) is 0.764. The summed E-state index contributed by atoms with van der Waals surface area (Å²) in [5.74, 6) is 0. The molecule has 0 radical (unpaired) electrons. The van der Waals surface area contributed by atoms with Gasteiger partial charge in [-0.1, -0.05) is 18.2 Å². The number of sulfone groups is 1. The van der Waals surface area contributed by atoms with E-state index in [1.165, 1.54) is 10.8 Å². The molecule has 0 aliphatic carbocycles. The van der Waals surface area contributed by atoms with Gasteiger partial charge in [0, 0.05) is 18.1 Å². The third kappa shape index (κ3) is 2.26. The Balaban J connectivity index is 2.69. The van der Waals surface area contributed by atoms with E-state index in [9.17, 15) is 13.2 Å². The van der Waals surface area contributed by atoms with Crippen molar-refractivity contribution >= 4 is 16.1 Å². The van der Waals surface area contributed by atoms with Crippen LogP contribution in [0.4, 0.5) is 0 Å². The molecule has 0 saturated carbocycles. The van der Waals surface area contributed by atoms with E-state index in [1.54, 1.807) is 24.3 Å². The number of aldehydes is 1. The number of nitrogens with zero attached hydrogens (tertiary/aromatic N) is 2. The summed E-state index contributed by atoms with van der Waals surface area (Å²) >= 11 is 0. The van der Waals surface area contributed by atoms with E-state index in [1.807, 2.05) is 6.07 Å². The van der Waals surface area contributed by atoms with Gasteiger partial charge in [-0.2, -0.15) is 0 Å². The van der Waals surface area contributed by atoms with E-state index in [-0.39, 0.29) is 10.9 Å². The fourth-order valence-corrected chi connectivity index (χ4v) is 2.26. The zero-order chi connectivity index (χ0) is 12.5. The molecule has 0 fully saturated rings. The Hall–Kier alpha value is -1.95. The molecule has 5 nitrogen and oxygen atoms in total. The molecule has 17 heavy (non-hydrogen) atoms. The molecule has 2 rings (SSSR count). The minimum atomic E-state index is -3.48. The standard InChI is InChI=1S/C11H10N2O3S/c1-17(15,16)11-12-9(8-14)7-13(11)10-5-3-2-4-6-10/h2-8H,1H3. The molecule has 1 aromatic carbocycles. The van der Waals surface area contributed by atoms with Crippen molar-refractivity contribution in [3.05, 3.63) is 42.2 Å². The summed E-state index contributed by atoms with van der Waals surface area (Å²) in [5.41, 5.74) is 0.739. The van der Waals surface area contributed by atoms with Crippen LogP contribution in [-0.2, 0) is 9.84 Å². The third-order valence-corrected chi connectivity index (χ3v) is 3.13. The number of imidazole rings is 1. The summed E-state index contributed by atoms with van der Waals surface area (Å²) in [6, 6.07) is 8.86. The molecule has 6 heteroatoms. The predicted octanol–water partition coefficient (Wildman–Crippen LogP) is 1.09. The van der Waals surface area contributed by atoms with Crippen molar-refractivity contribution in [2.45, 2.75) is 5.16 Å². The smallest absolute Gasteiger partial charge is 0.232 e. The molecular formula is C11H10N2O3S. The van der Waals surface area contributed by atoms with Crippen LogP contribution >= 0.6 is 0 Å². The molecule has 0 N–H and O–H groups in total. The first-order valence-electron chi connectivity index (χ1n) is 4.82. The largest absolute Gasteiger partial charge is 0.296 e. The lowest BCUT2D eigenvalue weighted by molar-refractivity contribution is 0.111. The lowest BCUT2D eigenvalue weighted by Crippen LogP contribution is -2.07. The summed E-state index contributed by atoms with van der Waals surface area (Å²) in [6.07, 6.45) is 2.98. The second-order valence-electron chi connectivity index (χ2n) is 3.54. The number of carbonyl (C=O) groups excluding carboxylic acids is 1. The molecule has 0 aliphatic rings. The average Bonchev–Trinajstić information content (AvgIpc) is 2.74. The Labute approximate surface area is 98.6 Å². The van der Waals surface area contributed by atoms with Crippen molar-refractivity contribution < 1.29 is 13.2 Å². The number of carbonyl (C=O) groups is 1. The molecule has 1 heterocycles. The topological polar surface area (TPSA) is 69.0 Å². The Bertz CT molecular complexity index is 645. The lowest BCUT2D eigenvalue weighted by atomic mass is 10.3. The molecule has 0 bridgehead atoms. The van der Waals surface area contributed by atoms with Crippen LogP contribution in [-0.4, -0.2) is 30.5 Å². The van der Waals surface area contributed by atoms with Crippen LogP contribution in [0.1, 0.15) is 10.5 Å². The summed E-state index contributed by atoms with van der Waals surface area (Å²) in [7, 11) is -3.48. The van der Waals surface area contributed by atoms with Gasteiger partial charge in [-0.3, -0.25) is 9.36 Å². The first-order chi connectivity index (χ1) is 8.02. The molecule has 0 aliphatic heterocycles. The summed E-state index contributed by atoms with van der Waals surface area (Å²) in [6.45, 7) is 0. The van der Waals surface area contributed by atoms with Gasteiger partial charge in [-0.05, 0) is 12.1 Å². The van der Waals surface area contributed by atoms with E-state index in [4.69, 9.17) is 0 Å². The van der Waals surface area contributed by atoms with Crippen molar-refractivity contribution in [2.24, 2.45) is 0 Å². The van der Waals surface area contributed by atoms with Crippen LogP contribution in [0.25, 0.3) is 5.69 Å². The van der Waals surface area contributed by atoms with Crippen LogP contribution in [0.15, 0.2) is 41.7 Å². The molecule has 1 aromatic heterocycles. The van der Waals surface area contributed by atoms with Crippen molar-refractivity contribution in [1.29, 1.82) is 0 Å². The highest BCUT2D eigenvalue weighted by atomic mass is 32.2. The minimum absolute atomic E-state index is 0.0919. The van der Waals surface area contributed by atoms with Crippen molar-refractivity contribution in [3.8, 4) is 5.69 Å². The summed E-state index contributed by atoms with van der Waals surface area (Å²) in [5, 5.41) is -0.134. The normalized spacial score (nSPS) is 11.4. The van der Waals surface area contributed by atoms with Crippen molar-refractivity contribution in [3.63, 3.8) is 0 Å². The zero-order valence-electron chi connectivity index (χ0n) is 9.07. The van der Waals surface area contributed by atoms with E-state index in [0.29, 0.717) is 12.0 Å². The maximum atomic E-state index is 11.6. The second kappa shape index (κ2) is 4.14. The van der Waals surface area contributed by atoms with Crippen LogP contribution in [0.5, 0.6) is 0 Å². The van der Waals surface area contributed by atoms with Gasteiger partial charge < -0.3 is 0 Å². The van der Waals surface area contributed by atoms with Crippen molar-refractivity contribution in [1.82, 2.24) is 9.55 Å².